The van der Waals surface area contributed by atoms with E-state index in [1.165, 1.54) is 24.1 Å². The third kappa shape index (κ3) is 3.02. The Bertz CT molecular complexity index is 375. The van der Waals surface area contributed by atoms with E-state index in [0.717, 1.165) is 10.8 Å². The van der Waals surface area contributed by atoms with E-state index in [-0.39, 0.29) is 0 Å². The zero-order chi connectivity index (χ0) is 12.5. The average Bonchev–Trinajstić information content (AvgIpc) is 2.81. The van der Waals surface area contributed by atoms with Crippen LogP contribution in [-0.4, -0.2) is 6.04 Å². The molecule has 1 aliphatic rings. The van der Waals surface area contributed by atoms with Gasteiger partial charge in [0.15, 0.2) is 0 Å². The molecule has 3 N–H and O–H groups in total. The molecule has 1 saturated carbocycles. The van der Waals surface area contributed by atoms with Crippen molar-refractivity contribution in [2.75, 3.05) is 0 Å². The minimum Gasteiger partial charge on any atom is -0.271 e. The molecule has 0 amide bonds. The van der Waals surface area contributed by atoms with Crippen LogP contribution in [0.3, 0.4) is 0 Å². The van der Waals surface area contributed by atoms with Crippen LogP contribution in [0.5, 0.6) is 0 Å². The SMILES string of the molecule is CC1(C)CCCC1C(Cc1ccc(Cl)s1)NN. The van der Waals surface area contributed by atoms with Crippen molar-refractivity contribution in [3.63, 3.8) is 0 Å². The average molecular weight is 273 g/mol. The number of nitrogens with two attached hydrogens (primary N) is 1. The molecule has 4 heteroatoms. The first-order chi connectivity index (χ1) is 8.03. The molecule has 2 unspecified atom stereocenters. The molecule has 0 bridgehead atoms. The second-order valence-corrected chi connectivity index (χ2v) is 7.47. The topological polar surface area (TPSA) is 38.0 Å². The van der Waals surface area contributed by atoms with Crippen molar-refractivity contribution < 1.29 is 0 Å². The van der Waals surface area contributed by atoms with Crippen LogP contribution in [0.15, 0.2) is 12.1 Å². The molecule has 17 heavy (non-hydrogen) atoms. The maximum Gasteiger partial charge on any atom is 0.0931 e. The Labute approximate surface area is 113 Å². The molecule has 0 saturated heterocycles. The summed E-state index contributed by atoms with van der Waals surface area (Å²) in [5.41, 5.74) is 3.42. The fraction of sp³-hybridized carbons (Fsp3) is 0.692. The summed E-state index contributed by atoms with van der Waals surface area (Å²) >= 11 is 7.63. The number of thiophene rings is 1. The lowest BCUT2D eigenvalue weighted by Crippen LogP contribution is -2.45. The van der Waals surface area contributed by atoms with E-state index < -0.39 is 0 Å². The zero-order valence-corrected chi connectivity index (χ0v) is 12.1. The van der Waals surface area contributed by atoms with Crippen LogP contribution in [0.25, 0.3) is 0 Å². The van der Waals surface area contributed by atoms with Gasteiger partial charge in [-0.25, -0.2) is 0 Å². The van der Waals surface area contributed by atoms with Gasteiger partial charge in [-0.3, -0.25) is 11.3 Å². The van der Waals surface area contributed by atoms with Gasteiger partial charge < -0.3 is 0 Å². The van der Waals surface area contributed by atoms with E-state index in [4.69, 9.17) is 17.4 Å². The Morgan fingerprint density at radius 3 is 2.82 bits per heavy atom. The molecular weight excluding hydrogens is 252 g/mol. The lowest BCUT2D eigenvalue weighted by molar-refractivity contribution is 0.197. The summed E-state index contributed by atoms with van der Waals surface area (Å²) in [6.45, 7) is 4.72. The van der Waals surface area contributed by atoms with Gasteiger partial charge >= 0.3 is 0 Å². The Hall–Kier alpha value is -0.0900. The van der Waals surface area contributed by atoms with Crippen LogP contribution >= 0.6 is 22.9 Å². The highest BCUT2D eigenvalue weighted by Crippen LogP contribution is 2.45. The third-order valence-corrected chi connectivity index (χ3v) is 5.34. The summed E-state index contributed by atoms with van der Waals surface area (Å²) in [5, 5.41) is 0. The molecular formula is C13H21ClN2S. The van der Waals surface area contributed by atoms with Gasteiger partial charge in [0.2, 0.25) is 0 Å². The minimum atomic E-state index is 0.363. The molecule has 0 spiro atoms. The van der Waals surface area contributed by atoms with Crippen molar-refractivity contribution in [3.8, 4) is 0 Å². The number of halogens is 1. The predicted molar refractivity (Wildman–Crippen MR) is 75.3 cm³/mol. The quantitative estimate of drug-likeness (QED) is 0.649. The Balaban J connectivity index is 2.06. The largest absolute Gasteiger partial charge is 0.271 e. The van der Waals surface area contributed by atoms with Gasteiger partial charge in [0.25, 0.3) is 0 Å². The molecule has 1 heterocycles. The van der Waals surface area contributed by atoms with Crippen molar-refractivity contribution in [2.24, 2.45) is 17.2 Å². The molecule has 1 aliphatic carbocycles. The van der Waals surface area contributed by atoms with Gasteiger partial charge in [-0.1, -0.05) is 31.9 Å². The molecule has 0 aliphatic heterocycles. The van der Waals surface area contributed by atoms with E-state index in [1.807, 2.05) is 6.07 Å². The van der Waals surface area contributed by atoms with Crippen LogP contribution in [0.2, 0.25) is 4.34 Å². The normalized spacial score (nSPS) is 25.1. The van der Waals surface area contributed by atoms with Gasteiger partial charge in [-0.05, 0) is 42.7 Å². The van der Waals surface area contributed by atoms with Gasteiger partial charge in [0.05, 0.1) is 4.34 Å². The first-order valence-corrected chi connectivity index (χ1v) is 7.43. The fourth-order valence-corrected chi connectivity index (χ4v) is 4.24. The van der Waals surface area contributed by atoms with Gasteiger partial charge in [0.1, 0.15) is 0 Å². The van der Waals surface area contributed by atoms with Gasteiger partial charge in [0, 0.05) is 10.9 Å². The monoisotopic (exact) mass is 272 g/mol. The van der Waals surface area contributed by atoms with E-state index in [0.29, 0.717) is 17.4 Å². The highest BCUT2D eigenvalue weighted by Gasteiger charge is 2.39. The lowest BCUT2D eigenvalue weighted by Gasteiger charge is -2.33. The standard InChI is InChI=1S/C13H21ClN2S/c1-13(2)7-3-4-10(13)11(16-15)8-9-5-6-12(14)17-9/h5-6,10-11,16H,3-4,7-8,15H2,1-2H3. The number of nitrogens with one attached hydrogen (secondary N) is 1. The number of hydrazine groups is 1. The summed E-state index contributed by atoms with van der Waals surface area (Å²) in [6, 6.07) is 4.44. The second-order valence-electron chi connectivity index (χ2n) is 5.67. The fourth-order valence-electron chi connectivity index (χ4n) is 3.10. The summed E-state index contributed by atoms with van der Waals surface area (Å²) < 4.78 is 0.862. The summed E-state index contributed by atoms with van der Waals surface area (Å²) in [7, 11) is 0. The third-order valence-electron chi connectivity index (χ3n) is 4.09. The molecule has 96 valence electrons. The first-order valence-electron chi connectivity index (χ1n) is 6.23. The first kappa shape index (κ1) is 13.3. The highest BCUT2D eigenvalue weighted by molar-refractivity contribution is 7.16. The number of rotatable bonds is 4. The van der Waals surface area contributed by atoms with Crippen LogP contribution in [0.1, 0.15) is 38.0 Å². The van der Waals surface area contributed by atoms with Crippen molar-refractivity contribution in [1.82, 2.24) is 5.43 Å². The summed E-state index contributed by atoms with van der Waals surface area (Å²) in [4.78, 5) is 1.32. The number of hydrogen-bond acceptors (Lipinski definition) is 3. The molecule has 2 nitrogen and oxygen atoms in total. The van der Waals surface area contributed by atoms with E-state index in [2.05, 4.69) is 25.3 Å². The molecule has 0 aromatic carbocycles. The lowest BCUT2D eigenvalue weighted by atomic mass is 9.76. The minimum absolute atomic E-state index is 0.363. The van der Waals surface area contributed by atoms with Gasteiger partial charge in [-0.15, -0.1) is 11.3 Å². The Morgan fingerprint density at radius 1 is 1.59 bits per heavy atom. The van der Waals surface area contributed by atoms with Crippen molar-refractivity contribution in [3.05, 3.63) is 21.3 Å². The van der Waals surface area contributed by atoms with Crippen molar-refractivity contribution in [1.29, 1.82) is 0 Å². The second kappa shape index (κ2) is 5.27. The maximum absolute atomic E-state index is 5.97. The molecule has 1 aromatic heterocycles. The molecule has 0 radical (unpaired) electrons. The van der Waals surface area contributed by atoms with Crippen molar-refractivity contribution in [2.45, 2.75) is 45.6 Å². The van der Waals surface area contributed by atoms with E-state index >= 15 is 0 Å². The zero-order valence-electron chi connectivity index (χ0n) is 10.5. The maximum atomic E-state index is 5.97. The van der Waals surface area contributed by atoms with Crippen molar-refractivity contribution >= 4 is 22.9 Å². The van der Waals surface area contributed by atoms with Crippen LogP contribution in [0, 0.1) is 11.3 Å². The van der Waals surface area contributed by atoms with Crippen LogP contribution in [0.4, 0.5) is 0 Å². The van der Waals surface area contributed by atoms with E-state index in [9.17, 15) is 0 Å². The number of hydrogen-bond donors (Lipinski definition) is 2. The molecule has 2 rings (SSSR count). The van der Waals surface area contributed by atoms with Gasteiger partial charge in [-0.2, -0.15) is 0 Å². The van der Waals surface area contributed by atoms with E-state index in [1.54, 1.807) is 11.3 Å². The Kier molecular flexibility index (Phi) is 4.14. The Morgan fingerprint density at radius 2 is 2.35 bits per heavy atom. The molecule has 1 fully saturated rings. The summed E-state index contributed by atoms with van der Waals surface area (Å²) in [6.07, 6.45) is 4.89. The predicted octanol–water partition coefficient (Wildman–Crippen LogP) is 3.60. The van der Waals surface area contributed by atoms with Crippen LogP contribution in [-0.2, 0) is 6.42 Å². The summed E-state index contributed by atoms with van der Waals surface area (Å²) in [5.74, 6) is 6.41. The molecule has 2 atom stereocenters. The highest BCUT2D eigenvalue weighted by atomic mass is 35.5. The smallest absolute Gasteiger partial charge is 0.0931 e. The molecule has 1 aromatic rings. The van der Waals surface area contributed by atoms with Crippen LogP contribution < -0.4 is 11.3 Å².